The molecule has 0 N–H and O–H groups in total. The molecule has 0 saturated heterocycles. The fraction of sp³-hybridized carbons (Fsp3) is 0.419. The Morgan fingerprint density at radius 3 is 1.27 bits per heavy atom. The second-order valence-electron chi connectivity index (χ2n) is 11.1. The quantitative estimate of drug-likeness (QED) is 0.154. The predicted molar refractivity (Wildman–Crippen MR) is 160 cm³/mol. The Kier molecular flexibility index (Phi) is 11.3. The molecule has 268 valence electrons. The molecule has 0 unspecified atom stereocenters. The lowest BCUT2D eigenvalue weighted by Crippen LogP contribution is -2.63. The first-order valence-electron chi connectivity index (χ1n) is 14.2. The summed E-state index contributed by atoms with van der Waals surface area (Å²) in [4.78, 5) is -1.04. The molecule has 0 aliphatic heterocycles. The molecule has 0 radical (unpaired) electrons. The number of hydrogen-bond donors (Lipinski definition) is 0. The van der Waals surface area contributed by atoms with Crippen molar-refractivity contribution in [2.24, 2.45) is 0 Å². The summed E-state index contributed by atoms with van der Waals surface area (Å²) in [5.41, 5.74) is 0. The van der Waals surface area contributed by atoms with Crippen LogP contribution in [0.3, 0.4) is 0 Å². The molecular formula is C31H33F9O6S2. The predicted octanol–water partition coefficient (Wildman–Crippen LogP) is 10.0. The minimum atomic E-state index is -7.54. The van der Waals surface area contributed by atoms with E-state index in [4.69, 9.17) is 17.8 Å². The van der Waals surface area contributed by atoms with Crippen molar-refractivity contribution in [3.05, 3.63) is 72.8 Å². The first-order chi connectivity index (χ1) is 21.9. The minimum absolute atomic E-state index is 0.0685. The lowest BCUT2D eigenvalue weighted by Gasteiger charge is -2.42. The van der Waals surface area contributed by atoms with Gasteiger partial charge in [-0.1, -0.05) is 36.4 Å². The smallest absolute Gasteiger partial charge is 0.460 e. The zero-order chi connectivity index (χ0) is 36.5. The first-order valence-corrected chi connectivity index (χ1v) is 17.2. The largest absolute Gasteiger partial charge is 0.491 e. The molecule has 0 aliphatic carbocycles. The number of hydrogen-bond acceptors (Lipinski definition) is 6. The maximum Gasteiger partial charge on any atom is 0.460 e. The molecule has 17 heteroatoms. The normalized spacial score (nSPS) is 14.0. The van der Waals surface area contributed by atoms with Crippen LogP contribution in [-0.2, 0) is 13.7 Å². The van der Waals surface area contributed by atoms with E-state index in [1.165, 1.54) is 100 Å². The highest BCUT2D eigenvalue weighted by molar-refractivity contribution is 8.33. The zero-order valence-corrected chi connectivity index (χ0v) is 28.0. The number of halogens is 9. The molecule has 0 saturated carbocycles. The van der Waals surface area contributed by atoms with E-state index < -0.39 is 66.9 Å². The third kappa shape index (κ3) is 7.32. The molecule has 0 fully saturated rings. The molecule has 0 atom stereocenters. The lowest BCUT2D eigenvalue weighted by molar-refractivity contribution is -0.382. The van der Waals surface area contributed by atoms with Gasteiger partial charge in [0.25, 0.3) is 0 Å². The van der Waals surface area contributed by atoms with Gasteiger partial charge in [0.05, 0.1) is 18.3 Å². The van der Waals surface area contributed by atoms with Gasteiger partial charge in [-0.15, -0.1) is 0 Å². The molecule has 0 heterocycles. The Balaban J connectivity index is 2.60. The molecule has 0 amide bonds. The summed E-state index contributed by atoms with van der Waals surface area (Å²) in [5, 5.41) is -7.15. The van der Waals surface area contributed by atoms with E-state index in [0.717, 1.165) is 0 Å². The van der Waals surface area contributed by atoms with E-state index in [0.29, 0.717) is 0 Å². The van der Waals surface area contributed by atoms with Gasteiger partial charge in [0, 0.05) is 21.9 Å². The van der Waals surface area contributed by atoms with Gasteiger partial charge < -0.3 is 14.2 Å². The monoisotopic (exact) mass is 736 g/mol. The van der Waals surface area contributed by atoms with Gasteiger partial charge in [-0.3, -0.25) is 0 Å². The van der Waals surface area contributed by atoms with Crippen molar-refractivity contribution in [1.82, 2.24) is 0 Å². The fourth-order valence-electron chi connectivity index (χ4n) is 4.26. The summed E-state index contributed by atoms with van der Waals surface area (Å²) in [5.74, 6) is -15.6. The van der Waals surface area contributed by atoms with Crippen LogP contribution in [0.5, 0.6) is 17.2 Å². The molecule has 0 spiro atoms. The third-order valence-corrected chi connectivity index (χ3v) is 11.4. The van der Waals surface area contributed by atoms with Gasteiger partial charge in [-0.2, -0.15) is 47.9 Å². The summed E-state index contributed by atoms with van der Waals surface area (Å²) in [7, 11) is -11.9. The standard InChI is InChI=1S/C31H33F9O6S2/c1-19(2)43-22-17-25(44-20(3)4)27(26(18-22)45-21(5)6)47(23-13-9-7-10-14-23,24-15-11-8-12-16-24)46-48(41,42)31(39,40)29(34,35)28(32,33)30(36,37)38/h7-21H,1-6H3. The topological polar surface area (TPSA) is 71.1 Å². The average molecular weight is 737 g/mol. The van der Waals surface area contributed by atoms with Crippen LogP contribution in [0.1, 0.15) is 41.5 Å². The third-order valence-electron chi connectivity index (χ3n) is 6.15. The Morgan fingerprint density at radius 2 is 0.938 bits per heavy atom. The highest BCUT2D eigenvalue weighted by Gasteiger charge is 2.86. The van der Waals surface area contributed by atoms with Crippen LogP contribution in [0.4, 0.5) is 39.5 Å². The van der Waals surface area contributed by atoms with Crippen molar-refractivity contribution in [2.75, 3.05) is 0 Å². The maximum absolute atomic E-state index is 15.4. The Morgan fingerprint density at radius 1 is 0.562 bits per heavy atom. The highest BCUT2D eigenvalue weighted by Crippen LogP contribution is 2.75. The molecule has 0 aliphatic rings. The maximum atomic E-state index is 15.4. The minimum Gasteiger partial charge on any atom is -0.491 e. The van der Waals surface area contributed by atoms with Crippen molar-refractivity contribution >= 4 is 20.4 Å². The van der Waals surface area contributed by atoms with Crippen LogP contribution in [-0.4, -0.2) is 50.0 Å². The van der Waals surface area contributed by atoms with Gasteiger partial charge in [0.2, 0.25) is 0 Å². The van der Waals surface area contributed by atoms with Crippen molar-refractivity contribution in [2.45, 2.75) is 97.8 Å². The summed E-state index contributed by atoms with van der Waals surface area (Å²) >= 11 is 0. The van der Waals surface area contributed by atoms with Crippen molar-refractivity contribution in [3.63, 3.8) is 0 Å². The van der Waals surface area contributed by atoms with Crippen molar-refractivity contribution < 1.29 is 65.8 Å². The van der Waals surface area contributed by atoms with Crippen LogP contribution < -0.4 is 14.2 Å². The molecule has 48 heavy (non-hydrogen) atoms. The Bertz CT molecular complexity index is 1580. The van der Waals surface area contributed by atoms with E-state index in [2.05, 4.69) is 0 Å². The SMILES string of the molecule is CC(C)Oc1cc(OC(C)C)c(S(OS(=O)(=O)C(F)(F)C(F)(F)C(F)(F)C(F)(F)F)(c2ccccc2)c2ccccc2)c(OC(C)C)c1. The van der Waals surface area contributed by atoms with Gasteiger partial charge in [-0.25, -0.2) is 3.63 Å². The molecule has 3 aromatic carbocycles. The van der Waals surface area contributed by atoms with Crippen LogP contribution in [0.2, 0.25) is 0 Å². The second-order valence-corrected chi connectivity index (χ2v) is 15.5. The summed E-state index contributed by atoms with van der Waals surface area (Å²) < 4.78 is 177. The number of benzene rings is 3. The van der Waals surface area contributed by atoms with Gasteiger partial charge in [0.1, 0.15) is 22.1 Å². The van der Waals surface area contributed by atoms with Gasteiger partial charge in [0.15, 0.2) is 0 Å². The van der Waals surface area contributed by atoms with E-state index in [1.54, 1.807) is 13.8 Å². The molecule has 0 aromatic heterocycles. The van der Waals surface area contributed by atoms with Crippen LogP contribution in [0, 0.1) is 0 Å². The van der Waals surface area contributed by atoms with Gasteiger partial charge in [-0.05, 0) is 76.1 Å². The van der Waals surface area contributed by atoms with Crippen LogP contribution >= 0.6 is 10.3 Å². The molecule has 0 bridgehead atoms. The summed E-state index contributed by atoms with van der Waals surface area (Å²) in [6.45, 7) is 9.48. The molecular weight excluding hydrogens is 703 g/mol. The summed E-state index contributed by atoms with van der Waals surface area (Å²) in [6, 6.07) is 15.3. The Hall–Kier alpha value is -3.31. The van der Waals surface area contributed by atoms with Gasteiger partial charge >= 0.3 is 33.4 Å². The van der Waals surface area contributed by atoms with E-state index in [-0.39, 0.29) is 27.0 Å². The number of rotatable bonds is 14. The number of alkyl halides is 9. The van der Waals surface area contributed by atoms with E-state index in [9.17, 15) is 39.2 Å². The Labute approximate surface area is 273 Å². The van der Waals surface area contributed by atoms with E-state index >= 15 is 8.78 Å². The average Bonchev–Trinajstić information content (AvgIpc) is 2.95. The number of ether oxygens (including phenoxy) is 3. The fourth-order valence-corrected chi connectivity index (χ4v) is 9.63. The van der Waals surface area contributed by atoms with E-state index in [1.807, 2.05) is 0 Å². The lowest BCUT2D eigenvalue weighted by atomic mass is 10.1. The molecule has 3 rings (SSSR count). The summed E-state index contributed by atoms with van der Waals surface area (Å²) in [6.07, 6.45) is -9.20. The molecule has 6 nitrogen and oxygen atoms in total. The van der Waals surface area contributed by atoms with Crippen molar-refractivity contribution in [3.8, 4) is 17.2 Å². The first kappa shape index (κ1) is 39.1. The van der Waals surface area contributed by atoms with Crippen LogP contribution in [0.25, 0.3) is 0 Å². The van der Waals surface area contributed by atoms with Crippen molar-refractivity contribution in [1.29, 1.82) is 0 Å². The second kappa shape index (κ2) is 13.9. The zero-order valence-electron chi connectivity index (χ0n) is 26.3. The molecule has 3 aromatic rings. The van der Waals surface area contributed by atoms with Crippen LogP contribution in [0.15, 0.2) is 87.5 Å². The highest BCUT2D eigenvalue weighted by atomic mass is 32.3.